The van der Waals surface area contributed by atoms with Gasteiger partial charge in [0.1, 0.15) is 11.3 Å². The highest BCUT2D eigenvalue weighted by Crippen LogP contribution is 2.28. The first-order valence-corrected chi connectivity index (χ1v) is 13.5. The van der Waals surface area contributed by atoms with Crippen molar-refractivity contribution in [3.63, 3.8) is 0 Å². The minimum atomic E-state index is 0.287. The molecule has 2 aromatic carbocycles. The number of amides is 1. The molecular weight excluding hydrogens is 462 g/mol. The van der Waals surface area contributed by atoms with Crippen LogP contribution in [0.2, 0.25) is 0 Å². The Labute approximate surface area is 218 Å². The van der Waals surface area contributed by atoms with E-state index in [2.05, 4.69) is 51.9 Å². The molecule has 6 rings (SSSR count). The molecule has 0 radical (unpaired) electrons. The molecule has 0 bridgehead atoms. The number of carbonyl (C=O) groups excluding carboxylic acids is 1. The number of aromatic nitrogens is 3. The summed E-state index contributed by atoms with van der Waals surface area (Å²) in [5.74, 6) is 1.31. The second-order valence-electron chi connectivity index (χ2n) is 10.3. The summed E-state index contributed by atoms with van der Waals surface area (Å²) >= 11 is 0. The molecule has 0 N–H and O–H groups in total. The number of hydrogen-bond donors (Lipinski definition) is 0. The Morgan fingerprint density at radius 3 is 2.57 bits per heavy atom. The quantitative estimate of drug-likeness (QED) is 0.326. The first-order valence-electron chi connectivity index (χ1n) is 13.5. The summed E-state index contributed by atoms with van der Waals surface area (Å²) < 4.78 is 7.73. The predicted octanol–water partition coefficient (Wildman–Crippen LogP) is 4.34. The van der Waals surface area contributed by atoms with Crippen LogP contribution in [0.4, 0.5) is 0 Å². The molecule has 7 nitrogen and oxygen atoms in total. The molecule has 0 atom stereocenters. The van der Waals surface area contributed by atoms with Crippen molar-refractivity contribution in [2.45, 2.75) is 51.7 Å². The fraction of sp³-hybridized carbons (Fsp3) is 0.433. The topological polar surface area (TPSA) is 63.5 Å². The van der Waals surface area contributed by atoms with Crippen LogP contribution in [-0.2, 0) is 42.0 Å². The van der Waals surface area contributed by atoms with E-state index in [0.717, 1.165) is 92.7 Å². The Bertz CT molecular complexity index is 1400. The van der Waals surface area contributed by atoms with Crippen LogP contribution < -0.4 is 0 Å². The number of nitrogens with zero attached hydrogens (tertiary/aromatic N) is 5. The average Bonchev–Trinajstić information content (AvgIpc) is 3.62. The summed E-state index contributed by atoms with van der Waals surface area (Å²) in [5.41, 5.74) is 7.32. The average molecular weight is 498 g/mol. The number of aryl methyl sites for hydroxylation is 1. The summed E-state index contributed by atoms with van der Waals surface area (Å²) in [5, 5.41) is 1.16. The van der Waals surface area contributed by atoms with Crippen molar-refractivity contribution < 1.29 is 9.53 Å². The molecule has 37 heavy (non-hydrogen) atoms. The van der Waals surface area contributed by atoms with E-state index < -0.39 is 0 Å². The largest absolute Gasteiger partial charge is 0.384 e. The maximum absolute atomic E-state index is 12.1. The Morgan fingerprint density at radius 2 is 1.81 bits per heavy atom. The Hall–Kier alpha value is -3.29. The molecular formula is C30H35N5O2. The molecule has 0 saturated carbocycles. The van der Waals surface area contributed by atoms with Crippen molar-refractivity contribution >= 4 is 27.8 Å². The lowest BCUT2D eigenvalue weighted by Gasteiger charge is -2.17. The van der Waals surface area contributed by atoms with Crippen molar-refractivity contribution in [3.8, 4) is 0 Å². The first kappa shape index (κ1) is 24.1. The van der Waals surface area contributed by atoms with Crippen molar-refractivity contribution in [2.75, 3.05) is 33.4 Å². The lowest BCUT2D eigenvalue weighted by Crippen LogP contribution is -2.26. The number of pyridine rings is 1. The number of benzene rings is 2. The summed E-state index contributed by atoms with van der Waals surface area (Å²) in [7, 11) is 1.73. The number of methoxy groups -OCH3 is 1. The van der Waals surface area contributed by atoms with Gasteiger partial charge in [0, 0.05) is 64.6 Å². The van der Waals surface area contributed by atoms with E-state index >= 15 is 0 Å². The van der Waals surface area contributed by atoms with Gasteiger partial charge < -0.3 is 14.2 Å². The van der Waals surface area contributed by atoms with Crippen LogP contribution in [-0.4, -0.2) is 63.6 Å². The Balaban J connectivity index is 1.26. The van der Waals surface area contributed by atoms with Crippen LogP contribution >= 0.6 is 0 Å². The van der Waals surface area contributed by atoms with Gasteiger partial charge in [-0.2, -0.15) is 0 Å². The zero-order chi connectivity index (χ0) is 25.2. The molecule has 2 aliphatic rings. The third-order valence-electron chi connectivity index (χ3n) is 7.85. The highest BCUT2D eigenvalue weighted by molar-refractivity contribution is 6.02. The number of hydrogen-bond acceptors (Lipinski definition) is 5. The smallest absolute Gasteiger partial charge is 0.222 e. The van der Waals surface area contributed by atoms with Crippen LogP contribution in [0.5, 0.6) is 0 Å². The van der Waals surface area contributed by atoms with Crippen LogP contribution in [0.15, 0.2) is 48.7 Å². The van der Waals surface area contributed by atoms with E-state index in [1.807, 2.05) is 11.1 Å². The van der Waals surface area contributed by atoms with Crippen LogP contribution in [0, 0.1) is 0 Å². The fourth-order valence-corrected chi connectivity index (χ4v) is 5.90. The lowest BCUT2D eigenvalue weighted by molar-refractivity contribution is -0.127. The van der Waals surface area contributed by atoms with Gasteiger partial charge in [-0.3, -0.25) is 14.7 Å². The van der Waals surface area contributed by atoms with Gasteiger partial charge in [-0.05, 0) is 48.1 Å². The maximum atomic E-state index is 12.1. The standard InChI is InChI=1S/C30H35N5O2/c1-37-17-12-28-32-27-19-31-26-10-9-22(11-16-33-20-23-6-2-3-7-24(23)21-33)18-25(26)30(27)35(28)15-5-14-34-13-4-8-29(34)36/h2-3,6-7,9-10,18-19H,4-5,8,11-17,20-21H2,1H3. The third-order valence-corrected chi connectivity index (χ3v) is 7.85. The summed E-state index contributed by atoms with van der Waals surface area (Å²) in [4.78, 5) is 26.3. The van der Waals surface area contributed by atoms with Crippen molar-refractivity contribution in [3.05, 3.63) is 71.2 Å². The van der Waals surface area contributed by atoms with E-state index in [0.29, 0.717) is 13.0 Å². The molecule has 2 aliphatic heterocycles. The third kappa shape index (κ3) is 4.98. The van der Waals surface area contributed by atoms with Crippen molar-refractivity contribution in [1.82, 2.24) is 24.3 Å². The first-order chi connectivity index (χ1) is 18.2. The molecule has 7 heteroatoms. The van der Waals surface area contributed by atoms with E-state index in [1.54, 1.807) is 7.11 Å². The lowest BCUT2D eigenvalue weighted by atomic mass is 10.1. The second-order valence-corrected chi connectivity index (χ2v) is 10.3. The van der Waals surface area contributed by atoms with Crippen LogP contribution in [0.25, 0.3) is 21.9 Å². The highest BCUT2D eigenvalue weighted by Gasteiger charge is 2.21. The maximum Gasteiger partial charge on any atom is 0.222 e. The SMILES string of the molecule is COCCc1nc2cnc3ccc(CCN4Cc5ccccc5C4)cc3c2n1CCCN1CCCC1=O. The number of likely N-dealkylation sites (tertiary alicyclic amines) is 1. The molecule has 1 amide bonds. The van der Waals surface area contributed by atoms with Gasteiger partial charge in [0.2, 0.25) is 5.91 Å². The number of carbonyl (C=O) groups is 1. The van der Waals surface area contributed by atoms with E-state index in [4.69, 9.17) is 14.7 Å². The number of fused-ring (bicyclic) bond motifs is 4. The minimum absolute atomic E-state index is 0.287. The normalized spacial score (nSPS) is 15.9. The predicted molar refractivity (Wildman–Crippen MR) is 145 cm³/mol. The second kappa shape index (κ2) is 10.6. The van der Waals surface area contributed by atoms with Gasteiger partial charge in [-0.1, -0.05) is 30.3 Å². The van der Waals surface area contributed by atoms with Crippen molar-refractivity contribution in [2.24, 2.45) is 0 Å². The molecule has 4 heterocycles. The van der Waals surface area contributed by atoms with Gasteiger partial charge in [-0.15, -0.1) is 0 Å². The molecule has 0 unspecified atom stereocenters. The summed E-state index contributed by atoms with van der Waals surface area (Å²) in [6.07, 6.45) is 6.24. The highest BCUT2D eigenvalue weighted by atomic mass is 16.5. The summed E-state index contributed by atoms with van der Waals surface area (Å²) in [6.45, 7) is 6.24. The zero-order valence-electron chi connectivity index (χ0n) is 21.7. The van der Waals surface area contributed by atoms with Crippen LogP contribution in [0.1, 0.15) is 41.8 Å². The van der Waals surface area contributed by atoms with Gasteiger partial charge in [-0.25, -0.2) is 4.98 Å². The number of rotatable bonds is 10. The zero-order valence-corrected chi connectivity index (χ0v) is 21.7. The Morgan fingerprint density at radius 1 is 0.973 bits per heavy atom. The van der Waals surface area contributed by atoms with Gasteiger partial charge in [0.05, 0.1) is 23.8 Å². The van der Waals surface area contributed by atoms with E-state index in [-0.39, 0.29) is 5.91 Å². The van der Waals surface area contributed by atoms with Gasteiger partial charge in [0.25, 0.3) is 0 Å². The molecule has 4 aromatic rings. The van der Waals surface area contributed by atoms with E-state index in [1.165, 1.54) is 16.7 Å². The summed E-state index contributed by atoms with van der Waals surface area (Å²) in [6, 6.07) is 15.4. The molecule has 192 valence electrons. The Kier molecular flexibility index (Phi) is 6.89. The minimum Gasteiger partial charge on any atom is -0.384 e. The van der Waals surface area contributed by atoms with Gasteiger partial charge >= 0.3 is 0 Å². The van der Waals surface area contributed by atoms with Crippen molar-refractivity contribution in [1.29, 1.82) is 0 Å². The fourth-order valence-electron chi connectivity index (χ4n) is 5.90. The van der Waals surface area contributed by atoms with Gasteiger partial charge in [0.15, 0.2) is 0 Å². The van der Waals surface area contributed by atoms with Crippen LogP contribution in [0.3, 0.4) is 0 Å². The number of ether oxygens (including phenoxy) is 1. The monoisotopic (exact) mass is 497 g/mol. The molecule has 0 aliphatic carbocycles. The molecule has 1 saturated heterocycles. The molecule has 1 fully saturated rings. The van der Waals surface area contributed by atoms with E-state index in [9.17, 15) is 4.79 Å². The molecule has 0 spiro atoms. The molecule has 2 aromatic heterocycles. The number of imidazole rings is 1.